The maximum Gasteiger partial charge on any atom is 0.244 e. The summed E-state index contributed by atoms with van der Waals surface area (Å²) >= 11 is 0. The van der Waals surface area contributed by atoms with E-state index >= 15 is 0 Å². The van der Waals surface area contributed by atoms with Crippen LogP contribution in [0.5, 0.6) is 0 Å². The molecule has 0 aromatic rings. The molecule has 0 radical (unpaired) electrons. The van der Waals surface area contributed by atoms with E-state index in [4.69, 9.17) is 5.73 Å². The highest BCUT2D eigenvalue weighted by Crippen LogP contribution is 1.82. The average Bonchev–Trinajstić information content (AvgIpc) is 2.01. The molecule has 0 unspecified atom stereocenters. The van der Waals surface area contributed by atoms with Crippen molar-refractivity contribution in [3.63, 3.8) is 0 Å². The number of primary amides is 1. The van der Waals surface area contributed by atoms with Crippen molar-refractivity contribution in [2.45, 2.75) is 19.8 Å². The molecule has 0 aliphatic carbocycles. The van der Waals surface area contributed by atoms with Crippen LogP contribution in [0.25, 0.3) is 0 Å². The average molecular weight is 170 g/mol. The van der Waals surface area contributed by atoms with Crippen LogP contribution in [0.15, 0.2) is 12.2 Å². The Balaban J connectivity index is 3.53. The molecular weight excluding hydrogens is 156 g/mol. The molecule has 0 spiro atoms. The van der Waals surface area contributed by atoms with E-state index in [0.29, 0.717) is 6.54 Å². The van der Waals surface area contributed by atoms with Crippen molar-refractivity contribution >= 4 is 11.8 Å². The summed E-state index contributed by atoms with van der Waals surface area (Å²) in [6, 6.07) is 0. The number of unbranched alkanes of at least 4 members (excludes halogenated alkanes) is 1. The highest BCUT2D eigenvalue weighted by molar-refractivity contribution is 5.95. The number of amides is 2. The van der Waals surface area contributed by atoms with E-state index in [1.54, 1.807) is 0 Å². The highest BCUT2D eigenvalue weighted by atomic mass is 16.2. The first-order valence-corrected chi connectivity index (χ1v) is 3.92. The molecule has 4 heteroatoms. The zero-order chi connectivity index (χ0) is 9.40. The molecule has 0 aliphatic rings. The predicted molar refractivity (Wildman–Crippen MR) is 46.3 cm³/mol. The first-order chi connectivity index (χ1) is 5.66. The number of nitrogens with two attached hydrogens (primary N) is 1. The van der Waals surface area contributed by atoms with Gasteiger partial charge in [0.05, 0.1) is 0 Å². The van der Waals surface area contributed by atoms with E-state index in [1.807, 2.05) is 6.92 Å². The fraction of sp³-hybridized carbons (Fsp3) is 0.500. The minimum Gasteiger partial charge on any atom is -0.366 e. The van der Waals surface area contributed by atoms with Crippen molar-refractivity contribution in [3.8, 4) is 0 Å². The molecule has 2 amide bonds. The maximum absolute atomic E-state index is 10.8. The summed E-state index contributed by atoms with van der Waals surface area (Å²) in [5.41, 5.74) is 4.79. The molecule has 0 bridgehead atoms. The third-order valence-electron chi connectivity index (χ3n) is 1.23. The van der Waals surface area contributed by atoms with Gasteiger partial charge in [-0.1, -0.05) is 13.3 Å². The number of carbonyl (C=O) groups excluding carboxylic acids is 2. The first kappa shape index (κ1) is 10.7. The topological polar surface area (TPSA) is 72.2 Å². The van der Waals surface area contributed by atoms with E-state index in [9.17, 15) is 9.59 Å². The van der Waals surface area contributed by atoms with Crippen molar-refractivity contribution in [3.05, 3.63) is 12.2 Å². The Morgan fingerprint density at radius 2 is 2.08 bits per heavy atom. The standard InChI is InChI=1S/C8H14N2O2/c1-2-3-6-10-8(12)5-4-7(9)11/h4-5H,2-3,6H2,1H3,(H2,9,11)(H,10,12)/b5-4-. The molecule has 3 N–H and O–H groups in total. The van der Waals surface area contributed by atoms with Crippen LogP contribution in [-0.4, -0.2) is 18.4 Å². The van der Waals surface area contributed by atoms with Gasteiger partial charge in [-0.2, -0.15) is 0 Å². The Labute approximate surface area is 71.8 Å². The van der Waals surface area contributed by atoms with Crippen molar-refractivity contribution in [2.24, 2.45) is 5.73 Å². The van der Waals surface area contributed by atoms with E-state index in [-0.39, 0.29) is 5.91 Å². The lowest BCUT2D eigenvalue weighted by Gasteiger charge is -1.98. The van der Waals surface area contributed by atoms with Gasteiger partial charge in [0.1, 0.15) is 0 Å². The van der Waals surface area contributed by atoms with E-state index in [1.165, 1.54) is 0 Å². The normalized spacial score (nSPS) is 10.1. The van der Waals surface area contributed by atoms with E-state index in [0.717, 1.165) is 25.0 Å². The van der Waals surface area contributed by atoms with Crippen LogP contribution in [0, 0.1) is 0 Å². The minimum atomic E-state index is -0.611. The second-order valence-electron chi connectivity index (χ2n) is 2.38. The van der Waals surface area contributed by atoms with Crippen molar-refractivity contribution in [1.29, 1.82) is 0 Å². The number of hydrogen-bond acceptors (Lipinski definition) is 2. The Morgan fingerprint density at radius 3 is 2.58 bits per heavy atom. The Hall–Kier alpha value is -1.32. The van der Waals surface area contributed by atoms with Crippen LogP contribution in [0.4, 0.5) is 0 Å². The van der Waals surface area contributed by atoms with Crippen molar-refractivity contribution in [2.75, 3.05) is 6.54 Å². The van der Waals surface area contributed by atoms with Gasteiger partial charge < -0.3 is 11.1 Å². The molecule has 0 aromatic carbocycles. The Morgan fingerprint density at radius 1 is 1.42 bits per heavy atom. The zero-order valence-electron chi connectivity index (χ0n) is 7.17. The molecule has 0 fully saturated rings. The van der Waals surface area contributed by atoms with Crippen molar-refractivity contribution < 1.29 is 9.59 Å². The zero-order valence-corrected chi connectivity index (χ0v) is 7.17. The molecule has 4 nitrogen and oxygen atoms in total. The summed E-state index contributed by atoms with van der Waals surface area (Å²) in [4.78, 5) is 21.0. The monoisotopic (exact) mass is 170 g/mol. The lowest BCUT2D eigenvalue weighted by atomic mass is 10.3. The summed E-state index contributed by atoms with van der Waals surface area (Å²) < 4.78 is 0. The molecule has 68 valence electrons. The number of nitrogens with one attached hydrogen (secondary N) is 1. The van der Waals surface area contributed by atoms with Gasteiger partial charge >= 0.3 is 0 Å². The van der Waals surface area contributed by atoms with Gasteiger partial charge in [-0.3, -0.25) is 9.59 Å². The van der Waals surface area contributed by atoms with E-state index in [2.05, 4.69) is 5.32 Å². The fourth-order valence-corrected chi connectivity index (χ4v) is 0.605. The lowest BCUT2D eigenvalue weighted by molar-refractivity contribution is -0.117. The molecule has 0 saturated carbocycles. The summed E-state index contributed by atoms with van der Waals surface area (Å²) in [6.07, 6.45) is 4.15. The van der Waals surface area contributed by atoms with E-state index < -0.39 is 5.91 Å². The molecule has 0 aromatic heterocycles. The smallest absolute Gasteiger partial charge is 0.244 e. The Kier molecular flexibility index (Phi) is 5.69. The quantitative estimate of drug-likeness (QED) is 0.448. The van der Waals surface area contributed by atoms with Gasteiger partial charge in [-0.25, -0.2) is 0 Å². The summed E-state index contributed by atoms with van der Waals surface area (Å²) in [6.45, 7) is 2.67. The molecule has 0 rings (SSSR count). The molecule has 12 heavy (non-hydrogen) atoms. The first-order valence-electron chi connectivity index (χ1n) is 3.92. The van der Waals surface area contributed by atoms with Crippen LogP contribution in [-0.2, 0) is 9.59 Å². The van der Waals surface area contributed by atoms with Gasteiger partial charge in [0.15, 0.2) is 0 Å². The van der Waals surface area contributed by atoms with Crippen LogP contribution < -0.4 is 11.1 Å². The van der Waals surface area contributed by atoms with Gasteiger partial charge in [0.2, 0.25) is 11.8 Å². The van der Waals surface area contributed by atoms with Gasteiger partial charge in [-0.15, -0.1) is 0 Å². The molecule has 0 heterocycles. The largest absolute Gasteiger partial charge is 0.366 e. The SMILES string of the molecule is CCCCNC(=O)/C=C\C(N)=O. The number of hydrogen-bond donors (Lipinski definition) is 2. The Bertz CT molecular complexity index is 187. The van der Waals surface area contributed by atoms with Crippen LogP contribution in [0.2, 0.25) is 0 Å². The number of carbonyl (C=O) groups is 2. The maximum atomic E-state index is 10.8. The minimum absolute atomic E-state index is 0.276. The van der Waals surface area contributed by atoms with Crippen LogP contribution >= 0.6 is 0 Å². The summed E-state index contributed by atoms with van der Waals surface area (Å²) in [5, 5.41) is 2.61. The fourth-order valence-electron chi connectivity index (χ4n) is 0.605. The predicted octanol–water partition coefficient (Wildman–Crippen LogP) is -0.0558. The summed E-state index contributed by atoms with van der Waals surface area (Å²) in [5.74, 6) is -0.886. The van der Waals surface area contributed by atoms with Gasteiger partial charge in [-0.05, 0) is 6.42 Å². The highest BCUT2D eigenvalue weighted by Gasteiger charge is 1.93. The van der Waals surface area contributed by atoms with Gasteiger partial charge in [0.25, 0.3) is 0 Å². The molecule has 0 atom stereocenters. The summed E-state index contributed by atoms with van der Waals surface area (Å²) in [7, 11) is 0. The second-order valence-corrected chi connectivity index (χ2v) is 2.38. The molecule has 0 saturated heterocycles. The third kappa shape index (κ3) is 6.80. The molecular formula is C8H14N2O2. The second kappa shape index (κ2) is 6.39. The van der Waals surface area contributed by atoms with Crippen molar-refractivity contribution in [1.82, 2.24) is 5.32 Å². The van der Waals surface area contributed by atoms with Crippen LogP contribution in [0.3, 0.4) is 0 Å². The van der Waals surface area contributed by atoms with Crippen LogP contribution in [0.1, 0.15) is 19.8 Å². The molecule has 0 aliphatic heterocycles. The lowest BCUT2D eigenvalue weighted by Crippen LogP contribution is -2.22. The third-order valence-corrected chi connectivity index (χ3v) is 1.23. The van der Waals surface area contributed by atoms with Gasteiger partial charge in [0, 0.05) is 18.7 Å². The number of rotatable bonds is 5.